The number of nitrogens with zero attached hydrogens (tertiary/aromatic N) is 2. The number of aryl methyl sites for hydroxylation is 1. The van der Waals surface area contributed by atoms with Crippen LogP contribution in [0.4, 0.5) is 11.6 Å². The van der Waals surface area contributed by atoms with Gasteiger partial charge in [-0.3, -0.25) is 19.8 Å². The molecule has 0 radical (unpaired) electrons. The van der Waals surface area contributed by atoms with E-state index in [9.17, 15) is 9.59 Å². The minimum absolute atomic E-state index is 0.00495. The lowest BCUT2D eigenvalue weighted by molar-refractivity contribution is -0.122. The molecule has 2 aliphatic rings. The number of rotatable bonds is 3. The van der Waals surface area contributed by atoms with Gasteiger partial charge in [-0.05, 0) is 68.2 Å². The van der Waals surface area contributed by atoms with E-state index in [0.717, 1.165) is 37.4 Å². The number of carbonyl (C=O) groups is 2. The maximum Gasteiger partial charge on any atom is 0.270 e. The van der Waals surface area contributed by atoms with Gasteiger partial charge in [-0.2, -0.15) is 0 Å². The van der Waals surface area contributed by atoms with Crippen molar-refractivity contribution in [1.29, 1.82) is 0 Å². The van der Waals surface area contributed by atoms with Gasteiger partial charge in [-0.15, -0.1) is 0 Å². The summed E-state index contributed by atoms with van der Waals surface area (Å²) >= 11 is 5.23. The van der Waals surface area contributed by atoms with Crippen molar-refractivity contribution in [1.82, 2.24) is 5.32 Å². The van der Waals surface area contributed by atoms with Gasteiger partial charge in [0.05, 0.1) is 5.69 Å². The van der Waals surface area contributed by atoms with Gasteiger partial charge in [0.25, 0.3) is 11.8 Å². The summed E-state index contributed by atoms with van der Waals surface area (Å²) in [6.07, 6.45) is 5.00. The molecule has 2 saturated heterocycles. The first kappa shape index (κ1) is 18.4. The topological polar surface area (TPSA) is 65.8 Å². The normalized spacial score (nSPS) is 19.3. The number of amides is 2. The lowest BCUT2D eigenvalue weighted by Gasteiger charge is -2.29. The van der Waals surface area contributed by atoms with Gasteiger partial charge in [0.1, 0.15) is 11.3 Å². The number of nitrogens with one attached hydrogen (secondary N) is 1. The van der Waals surface area contributed by atoms with Crippen molar-refractivity contribution in [3.05, 3.63) is 53.3 Å². The highest BCUT2D eigenvalue weighted by Gasteiger charge is 2.34. The zero-order valence-electron chi connectivity index (χ0n) is 15.6. The number of hydrogen-bond acceptors (Lipinski definition) is 5. The third-order valence-corrected chi connectivity index (χ3v) is 5.21. The van der Waals surface area contributed by atoms with Crippen LogP contribution in [0.15, 0.2) is 46.4 Å². The molecular formula is C21H21N3O3S. The summed E-state index contributed by atoms with van der Waals surface area (Å²) < 4.78 is 5.88. The SMILES string of the molecule is Cc1cccc(N2C(=O)/C(=C/c3ccc(N4CCCCC4)o3)C(=O)NC2=S)c1. The zero-order valence-corrected chi connectivity index (χ0v) is 16.4. The van der Waals surface area contributed by atoms with E-state index >= 15 is 0 Å². The average Bonchev–Trinajstić information content (AvgIpc) is 3.14. The Bertz CT molecular complexity index is 973. The summed E-state index contributed by atoms with van der Waals surface area (Å²) in [5.41, 5.74) is 1.61. The van der Waals surface area contributed by atoms with E-state index in [4.69, 9.17) is 16.6 Å². The van der Waals surface area contributed by atoms with Crippen LogP contribution in [0.5, 0.6) is 0 Å². The Morgan fingerprint density at radius 3 is 2.64 bits per heavy atom. The van der Waals surface area contributed by atoms with Gasteiger partial charge in [-0.1, -0.05) is 12.1 Å². The molecule has 28 heavy (non-hydrogen) atoms. The number of thiocarbonyl (C=S) groups is 1. The maximum atomic E-state index is 13.0. The van der Waals surface area contributed by atoms with Crippen molar-refractivity contribution in [3.8, 4) is 0 Å². The van der Waals surface area contributed by atoms with Crippen LogP contribution in [0.3, 0.4) is 0 Å². The first-order valence-corrected chi connectivity index (χ1v) is 9.77. The predicted octanol–water partition coefficient (Wildman–Crippen LogP) is 3.41. The van der Waals surface area contributed by atoms with Crippen LogP contribution in [0, 0.1) is 6.92 Å². The van der Waals surface area contributed by atoms with Crippen molar-refractivity contribution in [2.45, 2.75) is 26.2 Å². The second kappa shape index (κ2) is 7.59. The molecule has 2 amide bonds. The summed E-state index contributed by atoms with van der Waals surface area (Å²) in [7, 11) is 0. The Kier molecular flexibility index (Phi) is 5.00. The fraction of sp³-hybridized carbons (Fsp3) is 0.286. The van der Waals surface area contributed by atoms with E-state index in [-0.39, 0.29) is 10.7 Å². The van der Waals surface area contributed by atoms with E-state index in [2.05, 4.69) is 10.2 Å². The molecule has 3 heterocycles. The molecule has 7 heteroatoms. The Morgan fingerprint density at radius 2 is 1.89 bits per heavy atom. The van der Waals surface area contributed by atoms with E-state index in [1.807, 2.05) is 31.2 Å². The van der Waals surface area contributed by atoms with E-state index < -0.39 is 11.8 Å². The molecular weight excluding hydrogens is 374 g/mol. The Morgan fingerprint density at radius 1 is 1.11 bits per heavy atom. The largest absolute Gasteiger partial charge is 0.441 e. The van der Waals surface area contributed by atoms with E-state index in [0.29, 0.717) is 11.4 Å². The zero-order chi connectivity index (χ0) is 19.7. The molecule has 0 unspecified atom stereocenters. The molecule has 0 atom stereocenters. The quantitative estimate of drug-likeness (QED) is 0.490. The highest BCUT2D eigenvalue weighted by atomic mass is 32.1. The van der Waals surface area contributed by atoms with Crippen LogP contribution < -0.4 is 15.1 Å². The van der Waals surface area contributed by atoms with Crippen LogP contribution in [-0.2, 0) is 9.59 Å². The van der Waals surface area contributed by atoms with Crippen LogP contribution in [0.2, 0.25) is 0 Å². The highest BCUT2D eigenvalue weighted by molar-refractivity contribution is 7.80. The summed E-state index contributed by atoms with van der Waals surface area (Å²) in [5.74, 6) is 0.252. The molecule has 0 spiro atoms. The minimum atomic E-state index is -0.519. The fourth-order valence-electron chi connectivity index (χ4n) is 3.51. The van der Waals surface area contributed by atoms with Gasteiger partial charge in [0.15, 0.2) is 11.0 Å². The third-order valence-electron chi connectivity index (χ3n) is 4.93. The highest BCUT2D eigenvalue weighted by Crippen LogP contribution is 2.26. The molecule has 144 valence electrons. The molecule has 2 fully saturated rings. The van der Waals surface area contributed by atoms with Gasteiger partial charge in [0, 0.05) is 19.2 Å². The van der Waals surface area contributed by atoms with Crippen LogP contribution in [0.25, 0.3) is 6.08 Å². The third kappa shape index (κ3) is 3.57. The fourth-order valence-corrected chi connectivity index (χ4v) is 3.79. The van der Waals surface area contributed by atoms with Gasteiger partial charge in [-0.25, -0.2) is 0 Å². The number of piperidine rings is 1. The smallest absolute Gasteiger partial charge is 0.270 e. The van der Waals surface area contributed by atoms with E-state index in [1.165, 1.54) is 17.4 Å². The van der Waals surface area contributed by atoms with Gasteiger partial charge < -0.3 is 9.32 Å². The number of hydrogen-bond donors (Lipinski definition) is 1. The number of furan rings is 1. The monoisotopic (exact) mass is 395 g/mol. The Labute approximate surface area is 168 Å². The van der Waals surface area contributed by atoms with Gasteiger partial charge >= 0.3 is 0 Å². The van der Waals surface area contributed by atoms with Gasteiger partial charge in [0.2, 0.25) is 0 Å². The first-order chi connectivity index (χ1) is 13.5. The predicted molar refractivity (Wildman–Crippen MR) is 112 cm³/mol. The second-order valence-corrected chi connectivity index (χ2v) is 7.41. The molecule has 2 aliphatic heterocycles. The lowest BCUT2D eigenvalue weighted by Crippen LogP contribution is -2.54. The molecule has 4 rings (SSSR count). The Balaban J connectivity index is 1.63. The van der Waals surface area contributed by atoms with Crippen molar-refractivity contribution >= 4 is 46.8 Å². The van der Waals surface area contributed by atoms with Crippen molar-refractivity contribution in [2.75, 3.05) is 22.9 Å². The van der Waals surface area contributed by atoms with Crippen LogP contribution in [-0.4, -0.2) is 30.0 Å². The maximum absolute atomic E-state index is 13.0. The summed E-state index contributed by atoms with van der Waals surface area (Å²) in [6, 6.07) is 11.1. The molecule has 1 aromatic carbocycles. The van der Waals surface area contributed by atoms with Crippen molar-refractivity contribution < 1.29 is 14.0 Å². The standard InChI is InChI=1S/C21H21N3O3S/c1-14-6-5-7-15(12-14)24-20(26)17(19(25)22-21(24)28)13-16-8-9-18(27-16)23-10-3-2-4-11-23/h5-9,12-13H,2-4,10-11H2,1H3,(H,22,25,28)/b17-13+. The average molecular weight is 395 g/mol. The Hall–Kier alpha value is -2.93. The first-order valence-electron chi connectivity index (χ1n) is 9.36. The molecule has 0 aliphatic carbocycles. The molecule has 1 aromatic heterocycles. The molecule has 0 bridgehead atoms. The summed E-state index contributed by atoms with van der Waals surface area (Å²) in [5, 5.41) is 2.67. The number of anilines is 2. The lowest BCUT2D eigenvalue weighted by atomic mass is 10.1. The molecule has 1 N–H and O–H groups in total. The number of benzene rings is 1. The molecule has 6 nitrogen and oxygen atoms in total. The van der Waals surface area contributed by atoms with Crippen LogP contribution in [0.1, 0.15) is 30.6 Å². The number of carbonyl (C=O) groups excluding carboxylic acids is 2. The van der Waals surface area contributed by atoms with Crippen LogP contribution >= 0.6 is 12.2 Å². The van der Waals surface area contributed by atoms with Crippen molar-refractivity contribution in [3.63, 3.8) is 0 Å². The molecule has 0 saturated carbocycles. The summed E-state index contributed by atoms with van der Waals surface area (Å²) in [4.78, 5) is 29.0. The van der Waals surface area contributed by atoms with E-state index in [1.54, 1.807) is 12.1 Å². The summed E-state index contributed by atoms with van der Waals surface area (Å²) in [6.45, 7) is 3.85. The second-order valence-electron chi connectivity index (χ2n) is 7.02. The molecule has 2 aromatic rings. The van der Waals surface area contributed by atoms with Crippen molar-refractivity contribution in [2.24, 2.45) is 0 Å². The minimum Gasteiger partial charge on any atom is -0.441 e.